The molecule has 0 bridgehead atoms. The van der Waals surface area contributed by atoms with E-state index in [4.69, 9.17) is 5.11 Å². The highest BCUT2D eigenvalue weighted by Crippen LogP contribution is 2.18. The Morgan fingerprint density at radius 3 is 2.33 bits per heavy atom. The molecular weight excluding hydrogens is 234 g/mol. The summed E-state index contributed by atoms with van der Waals surface area (Å²) in [7, 11) is 0. The van der Waals surface area contributed by atoms with Gasteiger partial charge in [0.15, 0.2) is 0 Å². The molecule has 0 aliphatic carbocycles. The van der Waals surface area contributed by atoms with Crippen LogP contribution in [0.1, 0.15) is 37.7 Å². The van der Waals surface area contributed by atoms with Gasteiger partial charge in [0, 0.05) is 31.4 Å². The molecule has 6 heteroatoms. The van der Waals surface area contributed by atoms with E-state index in [2.05, 4.69) is 15.4 Å². The number of hydrogen-bond acceptors (Lipinski definition) is 6. The number of aromatic nitrogens is 3. The topological polar surface area (TPSA) is 99.4 Å². The van der Waals surface area contributed by atoms with Crippen molar-refractivity contribution >= 4 is 0 Å². The van der Waals surface area contributed by atoms with Crippen LogP contribution in [0.2, 0.25) is 0 Å². The monoisotopic (exact) mass is 255 g/mol. The van der Waals surface area contributed by atoms with Crippen LogP contribution in [0.3, 0.4) is 0 Å². The Balaban J connectivity index is 3.10. The molecule has 1 aromatic heterocycles. The summed E-state index contributed by atoms with van der Waals surface area (Å²) < 4.78 is 0. The molecule has 0 aliphatic heterocycles. The third kappa shape index (κ3) is 4.64. The van der Waals surface area contributed by atoms with Gasteiger partial charge in [-0.2, -0.15) is 0 Å². The minimum atomic E-state index is -0.903. The fourth-order valence-electron chi connectivity index (χ4n) is 1.81. The second kappa shape index (κ2) is 6.17. The number of nitrogens with zero attached hydrogens (tertiary/aromatic N) is 3. The van der Waals surface area contributed by atoms with Gasteiger partial charge in [0.25, 0.3) is 0 Å². The molecule has 0 amide bonds. The van der Waals surface area contributed by atoms with Crippen molar-refractivity contribution in [3.63, 3.8) is 0 Å². The first kappa shape index (κ1) is 14.9. The van der Waals surface area contributed by atoms with Gasteiger partial charge in [-0.3, -0.25) is 0 Å². The first-order chi connectivity index (χ1) is 8.33. The molecular formula is C12H21N3O3. The minimum absolute atomic E-state index is 0.0343. The fourth-order valence-corrected chi connectivity index (χ4v) is 1.81. The maximum absolute atomic E-state index is 9.85. The summed E-state index contributed by atoms with van der Waals surface area (Å²) in [5, 5.41) is 39.9. The summed E-state index contributed by atoms with van der Waals surface area (Å²) in [5.41, 5.74) is 1.13. The van der Waals surface area contributed by atoms with Crippen molar-refractivity contribution in [1.82, 2.24) is 15.4 Å². The van der Waals surface area contributed by atoms with Crippen molar-refractivity contribution < 1.29 is 15.3 Å². The standard InChI is InChI=1S/C12H21N3O3/c1-8(17)6-9-10(4-5-16)13-15-14-11(9)7-12(2,3)18/h8,16-18H,4-7H2,1-3H3. The van der Waals surface area contributed by atoms with E-state index in [1.54, 1.807) is 20.8 Å². The SMILES string of the molecule is CC(O)Cc1c(CCO)nnnc1CC(C)(C)O. The third-order valence-corrected chi connectivity index (χ3v) is 2.48. The molecule has 0 saturated carbocycles. The summed E-state index contributed by atoms with van der Waals surface area (Å²) in [6, 6.07) is 0. The molecule has 3 N–H and O–H groups in total. The second-order valence-electron chi connectivity index (χ2n) is 5.18. The maximum atomic E-state index is 9.85. The number of rotatable bonds is 6. The number of hydrogen-bond donors (Lipinski definition) is 3. The summed E-state index contributed by atoms with van der Waals surface area (Å²) in [6.45, 7) is 5.02. The molecule has 1 rings (SSSR count). The lowest BCUT2D eigenvalue weighted by atomic mass is 9.95. The Bertz CT molecular complexity index is 389. The highest BCUT2D eigenvalue weighted by Gasteiger charge is 2.21. The van der Waals surface area contributed by atoms with Crippen LogP contribution in [0, 0.1) is 0 Å². The van der Waals surface area contributed by atoms with Crippen LogP contribution in [0.5, 0.6) is 0 Å². The van der Waals surface area contributed by atoms with Crippen molar-refractivity contribution in [2.24, 2.45) is 0 Å². The van der Waals surface area contributed by atoms with Crippen LogP contribution in [-0.2, 0) is 19.3 Å². The van der Waals surface area contributed by atoms with Gasteiger partial charge >= 0.3 is 0 Å². The average molecular weight is 255 g/mol. The summed E-state index contributed by atoms with van der Waals surface area (Å²) in [5.74, 6) is 0. The van der Waals surface area contributed by atoms with Crippen molar-refractivity contribution in [1.29, 1.82) is 0 Å². The Labute approximate surface area is 107 Å². The van der Waals surface area contributed by atoms with Gasteiger partial charge in [-0.25, -0.2) is 0 Å². The minimum Gasteiger partial charge on any atom is -0.396 e. The van der Waals surface area contributed by atoms with E-state index in [-0.39, 0.29) is 6.61 Å². The van der Waals surface area contributed by atoms with Crippen LogP contribution in [-0.4, -0.2) is 49.0 Å². The molecule has 1 atom stereocenters. The largest absolute Gasteiger partial charge is 0.396 e. The maximum Gasteiger partial charge on any atom is 0.0728 e. The van der Waals surface area contributed by atoms with Gasteiger partial charge in [0.1, 0.15) is 0 Å². The quantitative estimate of drug-likeness (QED) is 0.642. The zero-order valence-corrected chi connectivity index (χ0v) is 11.1. The average Bonchev–Trinajstić information content (AvgIpc) is 2.20. The fraction of sp³-hybridized carbons (Fsp3) is 0.750. The lowest BCUT2D eigenvalue weighted by Gasteiger charge is -2.19. The van der Waals surface area contributed by atoms with E-state index < -0.39 is 11.7 Å². The first-order valence-electron chi connectivity index (χ1n) is 6.05. The van der Waals surface area contributed by atoms with Crippen LogP contribution in [0.15, 0.2) is 0 Å². The highest BCUT2D eigenvalue weighted by molar-refractivity contribution is 5.25. The normalized spacial score (nSPS) is 13.7. The molecule has 0 radical (unpaired) electrons. The lowest BCUT2D eigenvalue weighted by Crippen LogP contribution is -2.25. The van der Waals surface area contributed by atoms with Gasteiger partial charge < -0.3 is 15.3 Å². The molecule has 0 fully saturated rings. The number of aliphatic hydroxyl groups is 3. The summed E-state index contributed by atoms with van der Waals surface area (Å²) in [6.07, 6.45) is 0.567. The Hall–Kier alpha value is -1.11. The zero-order chi connectivity index (χ0) is 13.8. The molecule has 0 aromatic carbocycles. The Morgan fingerprint density at radius 1 is 1.22 bits per heavy atom. The van der Waals surface area contributed by atoms with Gasteiger partial charge in [-0.15, -0.1) is 10.2 Å². The predicted octanol–water partition coefficient (Wildman–Crippen LogP) is -0.357. The number of aliphatic hydroxyl groups excluding tert-OH is 2. The van der Waals surface area contributed by atoms with E-state index in [1.807, 2.05) is 0 Å². The van der Waals surface area contributed by atoms with E-state index in [0.29, 0.717) is 30.7 Å². The van der Waals surface area contributed by atoms with Crippen molar-refractivity contribution in [3.8, 4) is 0 Å². The van der Waals surface area contributed by atoms with Gasteiger partial charge in [-0.1, -0.05) is 0 Å². The summed E-state index contributed by atoms with van der Waals surface area (Å²) >= 11 is 0. The van der Waals surface area contributed by atoms with Crippen molar-refractivity contribution in [3.05, 3.63) is 17.0 Å². The molecule has 0 aliphatic rings. The molecule has 1 heterocycles. The smallest absolute Gasteiger partial charge is 0.0728 e. The van der Waals surface area contributed by atoms with Crippen LogP contribution in [0.25, 0.3) is 0 Å². The van der Waals surface area contributed by atoms with Crippen LogP contribution < -0.4 is 0 Å². The predicted molar refractivity (Wildman–Crippen MR) is 66.0 cm³/mol. The molecule has 6 nitrogen and oxygen atoms in total. The van der Waals surface area contributed by atoms with E-state index in [0.717, 1.165) is 5.56 Å². The van der Waals surface area contributed by atoms with Gasteiger partial charge in [0.2, 0.25) is 0 Å². The van der Waals surface area contributed by atoms with E-state index in [9.17, 15) is 10.2 Å². The Kier molecular flexibility index (Phi) is 5.13. The molecule has 102 valence electrons. The molecule has 1 unspecified atom stereocenters. The van der Waals surface area contributed by atoms with Crippen molar-refractivity contribution in [2.45, 2.75) is 51.7 Å². The van der Waals surface area contributed by atoms with Gasteiger partial charge in [0.05, 0.1) is 23.1 Å². The highest BCUT2D eigenvalue weighted by atomic mass is 16.3. The Morgan fingerprint density at radius 2 is 1.83 bits per heavy atom. The van der Waals surface area contributed by atoms with Gasteiger partial charge in [-0.05, 0) is 26.0 Å². The van der Waals surface area contributed by atoms with E-state index in [1.165, 1.54) is 0 Å². The zero-order valence-electron chi connectivity index (χ0n) is 11.1. The summed E-state index contributed by atoms with van der Waals surface area (Å²) in [4.78, 5) is 0. The van der Waals surface area contributed by atoms with Crippen molar-refractivity contribution in [2.75, 3.05) is 6.61 Å². The molecule has 0 saturated heterocycles. The molecule has 1 aromatic rings. The molecule has 18 heavy (non-hydrogen) atoms. The first-order valence-corrected chi connectivity index (χ1v) is 6.05. The van der Waals surface area contributed by atoms with E-state index >= 15 is 0 Å². The van der Waals surface area contributed by atoms with Crippen LogP contribution in [0.4, 0.5) is 0 Å². The second-order valence-corrected chi connectivity index (χ2v) is 5.18. The lowest BCUT2D eigenvalue weighted by molar-refractivity contribution is 0.0790. The third-order valence-electron chi connectivity index (χ3n) is 2.48. The van der Waals surface area contributed by atoms with Crippen LogP contribution >= 0.6 is 0 Å². The molecule has 0 spiro atoms.